The first-order valence-corrected chi connectivity index (χ1v) is 9.17. The molecule has 0 saturated heterocycles. The van der Waals surface area contributed by atoms with Crippen LogP contribution in [0, 0.1) is 0 Å². The molecule has 0 amide bonds. The van der Waals surface area contributed by atoms with Gasteiger partial charge in [0.1, 0.15) is 17.1 Å². The van der Waals surface area contributed by atoms with Crippen LogP contribution >= 0.6 is 0 Å². The van der Waals surface area contributed by atoms with E-state index in [1.807, 2.05) is 86.6 Å². The Labute approximate surface area is 159 Å². The minimum atomic E-state index is -0.603. The fourth-order valence-corrected chi connectivity index (χ4v) is 3.52. The number of benzene rings is 3. The molecule has 136 valence electrons. The molecule has 0 bridgehead atoms. The van der Waals surface area contributed by atoms with Crippen molar-refractivity contribution >= 4 is 5.97 Å². The van der Waals surface area contributed by atoms with Crippen LogP contribution < -0.4 is 4.74 Å². The van der Waals surface area contributed by atoms with Gasteiger partial charge in [0.05, 0.1) is 5.56 Å². The van der Waals surface area contributed by atoms with E-state index in [1.165, 1.54) is 0 Å². The first-order valence-electron chi connectivity index (χ1n) is 9.17. The van der Waals surface area contributed by atoms with Gasteiger partial charge in [-0.2, -0.15) is 0 Å². The molecule has 1 aliphatic heterocycles. The van der Waals surface area contributed by atoms with Crippen molar-refractivity contribution in [2.45, 2.75) is 32.3 Å². The summed E-state index contributed by atoms with van der Waals surface area (Å²) in [5.41, 5.74) is 3.07. The van der Waals surface area contributed by atoms with E-state index in [0.717, 1.165) is 28.2 Å². The van der Waals surface area contributed by atoms with Gasteiger partial charge in [-0.25, -0.2) is 4.79 Å². The van der Waals surface area contributed by atoms with E-state index < -0.39 is 5.60 Å². The maximum Gasteiger partial charge on any atom is 0.339 e. The molecule has 0 N–H and O–H groups in total. The summed E-state index contributed by atoms with van der Waals surface area (Å²) in [6, 6.07) is 23.5. The summed E-state index contributed by atoms with van der Waals surface area (Å²) in [5, 5.41) is 0. The van der Waals surface area contributed by atoms with E-state index in [4.69, 9.17) is 9.47 Å². The fourth-order valence-electron chi connectivity index (χ4n) is 3.52. The van der Waals surface area contributed by atoms with Crippen molar-refractivity contribution in [2.75, 3.05) is 0 Å². The third-order valence-corrected chi connectivity index (χ3v) is 4.75. The van der Waals surface area contributed by atoms with Crippen LogP contribution in [0.2, 0.25) is 0 Å². The number of ether oxygens (including phenoxy) is 2. The second-order valence-corrected chi connectivity index (χ2v) is 7.48. The third kappa shape index (κ3) is 3.72. The van der Waals surface area contributed by atoms with Crippen LogP contribution in [0.1, 0.15) is 40.9 Å². The molecular weight excluding hydrogens is 336 g/mol. The minimum Gasteiger partial charge on any atom is -0.457 e. The average Bonchev–Trinajstić information content (AvgIpc) is 2.65. The molecular formula is C24H22O3. The van der Waals surface area contributed by atoms with Gasteiger partial charge in [0, 0.05) is 18.4 Å². The first-order chi connectivity index (χ1) is 13.0. The van der Waals surface area contributed by atoms with Crippen LogP contribution in [0.15, 0.2) is 72.8 Å². The lowest BCUT2D eigenvalue weighted by Gasteiger charge is -2.27. The van der Waals surface area contributed by atoms with Crippen LogP contribution in [-0.2, 0) is 17.6 Å². The van der Waals surface area contributed by atoms with Crippen molar-refractivity contribution < 1.29 is 14.3 Å². The molecule has 0 spiro atoms. The Balaban J connectivity index is 1.57. The van der Waals surface area contributed by atoms with E-state index >= 15 is 0 Å². The van der Waals surface area contributed by atoms with Crippen LogP contribution in [0.5, 0.6) is 11.5 Å². The van der Waals surface area contributed by atoms with E-state index in [9.17, 15) is 4.79 Å². The Kier molecular flexibility index (Phi) is 4.44. The van der Waals surface area contributed by atoms with E-state index in [2.05, 4.69) is 0 Å². The monoisotopic (exact) mass is 358 g/mol. The number of hydrogen-bond acceptors (Lipinski definition) is 3. The van der Waals surface area contributed by atoms with E-state index in [0.29, 0.717) is 18.4 Å². The van der Waals surface area contributed by atoms with Gasteiger partial charge in [-0.05, 0) is 43.2 Å². The summed E-state index contributed by atoms with van der Waals surface area (Å²) in [5.74, 6) is 1.26. The Morgan fingerprint density at radius 2 is 1.63 bits per heavy atom. The highest BCUT2D eigenvalue weighted by molar-refractivity contribution is 5.92. The van der Waals surface area contributed by atoms with Crippen molar-refractivity contribution in [1.29, 1.82) is 0 Å². The quantitative estimate of drug-likeness (QED) is 0.448. The minimum absolute atomic E-state index is 0.309. The van der Waals surface area contributed by atoms with Crippen LogP contribution in [0.4, 0.5) is 0 Å². The van der Waals surface area contributed by atoms with Gasteiger partial charge in [0.25, 0.3) is 0 Å². The number of hydrogen-bond donors (Lipinski definition) is 0. The van der Waals surface area contributed by atoms with Crippen LogP contribution in [0.3, 0.4) is 0 Å². The molecule has 3 heteroatoms. The third-order valence-electron chi connectivity index (χ3n) is 4.75. The molecule has 0 saturated carbocycles. The predicted octanol–water partition coefficient (Wildman–Crippen LogP) is 5.56. The molecule has 0 aromatic heterocycles. The lowest BCUT2D eigenvalue weighted by molar-refractivity contribution is -0.000802. The Morgan fingerprint density at radius 1 is 0.926 bits per heavy atom. The van der Waals surface area contributed by atoms with Crippen molar-refractivity contribution in [3.8, 4) is 11.5 Å². The Hall–Kier alpha value is -3.07. The lowest BCUT2D eigenvalue weighted by atomic mass is 9.95. The van der Waals surface area contributed by atoms with Crippen molar-refractivity contribution in [1.82, 2.24) is 0 Å². The van der Waals surface area contributed by atoms with Gasteiger partial charge in [-0.1, -0.05) is 54.6 Å². The van der Waals surface area contributed by atoms with Crippen molar-refractivity contribution in [3.63, 3.8) is 0 Å². The SMILES string of the molecule is CC(C)(Cc1ccccc1)OC(=O)c1cccc2c1Cc1ccccc1O2. The van der Waals surface area contributed by atoms with E-state index in [1.54, 1.807) is 0 Å². The molecule has 0 radical (unpaired) electrons. The molecule has 3 aromatic rings. The number of para-hydroxylation sites is 1. The number of carbonyl (C=O) groups excluding carboxylic acids is 1. The molecule has 0 atom stereocenters. The second kappa shape index (κ2) is 6.92. The molecule has 27 heavy (non-hydrogen) atoms. The van der Waals surface area contributed by atoms with Gasteiger partial charge in [-0.15, -0.1) is 0 Å². The zero-order valence-corrected chi connectivity index (χ0v) is 15.6. The standard InChI is InChI=1S/C24H22O3/c1-24(2,16-17-9-4-3-5-10-17)27-23(25)19-12-8-14-22-20(19)15-18-11-6-7-13-21(18)26-22/h3-14H,15-16H2,1-2H3. The largest absolute Gasteiger partial charge is 0.457 e. The summed E-state index contributed by atoms with van der Waals surface area (Å²) in [6.07, 6.45) is 1.32. The highest BCUT2D eigenvalue weighted by Crippen LogP contribution is 2.38. The molecule has 0 unspecified atom stereocenters. The van der Waals surface area contributed by atoms with Crippen molar-refractivity contribution in [3.05, 3.63) is 95.1 Å². The normalized spacial score (nSPS) is 12.5. The summed E-state index contributed by atoms with van der Waals surface area (Å²) in [4.78, 5) is 13.0. The van der Waals surface area contributed by atoms with Gasteiger partial charge in [0.15, 0.2) is 0 Å². The number of esters is 1. The van der Waals surface area contributed by atoms with Crippen LogP contribution in [-0.4, -0.2) is 11.6 Å². The van der Waals surface area contributed by atoms with Crippen LogP contribution in [0.25, 0.3) is 0 Å². The molecule has 3 nitrogen and oxygen atoms in total. The van der Waals surface area contributed by atoms with Gasteiger partial charge in [0.2, 0.25) is 0 Å². The molecule has 3 aromatic carbocycles. The van der Waals surface area contributed by atoms with Gasteiger partial charge in [-0.3, -0.25) is 0 Å². The number of fused-ring (bicyclic) bond motifs is 2. The van der Waals surface area contributed by atoms with Gasteiger partial charge >= 0.3 is 5.97 Å². The molecule has 1 heterocycles. The molecule has 0 aliphatic carbocycles. The second-order valence-electron chi connectivity index (χ2n) is 7.48. The number of rotatable bonds is 4. The summed E-state index contributed by atoms with van der Waals surface area (Å²) in [6.45, 7) is 3.89. The lowest BCUT2D eigenvalue weighted by Crippen LogP contribution is -2.31. The topological polar surface area (TPSA) is 35.5 Å². The van der Waals surface area contributed by atoms with E-state index in [-0.39, 0.29) is 5.97 Å². The molecule has 0 fully saturated rings. The predicted molar refractivity (Wildman–Crippen MR) is 105 cm³/mol. The van der Waals surface area contributed by atoms with Crippen molar-refractivity contribution in [2.24, 2.45) is 0 Å². The molecule has 1 aliphatic rings. The van der Waals surface area contributed by atoms with Gasteiger partial charge < -0.3 is 9.47 Å². The summed E-state index contributed by atoms with van der Waals surface area (Å²) < 4.78 is 11.9. The summed E-state index contributed by atoms with van der Waals surface area (Å²) in [7, 11) is 0. The number of carbonyl (C=O) groups is 1. The fraction of sp³-hybridized carbons (Fsp3) is 0.208. The Bertz CT molecular complexity index is 974. The Morgan fingerprint density at radius 3 is 2.44 bits per heavy atom. The zero-order chi connectivity index (χ0) is 18.9. The smallest absolute Gasteiger partial charge is 0.339 e. The average molecular weight is 358 g/mol. The highest BCUT2D eigenvalue weighted by Gasteiger charge is 2.28. The maximum atomic E-state index is 13.0. The first kappa shape index (κ1) is 17.3. The maximum absolute atomic E-state index is 13.0. The molecule has 4 rings (SSSR count). The highest BCUT2D eigenvalue weighted by atomic mass is 16.6. The zero-order valence-electron chi connectivity index (χ0n) is 15.6. The summed E-state index contributed by atoms with van der Waals surface area (Å²) >= 11 is 0.